The van der Waals surface area contributed by atoms with Crippen LogP contribution in [0.25, 0.3) is 22.1 Å². The zero-order valence-electron chi connectivity index (χ0n) is 19.1. The minimum absolute atomic E-state index is 0.0444. The highest BCUT2D eigenvalue weighted by molar-refractivity contribution is 6.30. The van der Waals surface area contributed by atoms with Gasteiger partial charge in [-0.2, -0.15) is 0 Å². The van der Waals surface area contributed by atoms with Crippen molar-refractivity contribution >= 4 is 45.5 Å². The minimum atomic E-state index is -1.44. The molecular formula is C24H22ClFN6O3. The van der Waals surface area contributed by atoms with Crippen molar-refractivity contribution < 1.29 is 14.0 Å². The van der Waals surface area contributed by atoms with Crippen LogP contribution in [0.4, 0.5) is 4.39 Å². The number of alkyl halides is 1. The first-order valence-electron chi connectivity index (χ1n) is 11.0. The van der Waals surface area contributed by atoms with E-state index in [0.29, 0.717) is 27.3 Å². The van der Waals surface area contributed by atoms with Crippen LogP contribution < -0.4 is 10.9 Å². The van der Waals surface area contributed by atoms with Gasteiger partial charge in [0.1, 0.15) is 34.8 Å². The van der Waals surface area contributed by atoms with Crippen LogP contribution in [0.3, 0.4) is 0 Å². The number of nitrogens with one attached hydrogen (secondary N) is 2. The maximum absolute atomic E-state index is 13.9. The number of benzene rings is 1. The Bertz CT molecular complexity index is 1540. The Morgan fingerprint density at radius 3 is 2.66 bits per heavy atom. The largest absolute Gasteiger partial charge is 0.348 e. The average Bonchev–Trinajstić information content (AvgIpc) is 3.18. The lowest BCUT2D eigenvalue weighted by atomic mass is 9.99. The second kappa shape index (κ2) is 8.46. The summed E-state index contributed by atoms with van der Waals surface area (Å²) in [7, 11) is 0. The highest BCUT2D eigenvalue weighted by Gasteiger charge is 2.41. The molecule has 35 heavy (non-hydrogen) atoms. The SMILES string of the molecule is Cc1nc2cnc3c(cc(C(=O)NCc4ccc(Cl)cc4)c(=O)n3CC(=O)N3CC(C)(F)C3)c2[nH]1. The van der Waals surface area contributed by atoms with Crippen LogP contribution in [0.1, 0.15) is 28.7 Å². The predicted octanol–water partition coefficient (Wildman–Crippen LogP) is 2.74. The van der Waals surface area contributed by atoms with Crippen molar-refractivity contribution in [3.63, 3.8) is 0 Å². The number of imidazole rings is 1. The van der Waals surface area contributed by atoms with Crippen LogP contribution in [-0.4, -0.2) is 55.0 Å². The van der Waals surface area contributed by atoms with E-state index in [2.05, 4.69) is 20.3 Å². The van der Waals surface area contributed by atoms with Crippen LogP contribution in [-0.2, 0) is 17.9 Å². The Hall–Kier alpha value is -3.79. The molecule has 1 saturated heterocycles. The Morgan fingerprint density at radius 2 is 1.97 bits per heavy atom. The lowest BCUT2D eigenvalue weighted by Crippen LogP contribution is -2.60. The number of H-pyrrole nitrogens is 1. The smallest absolute Gasteiger partial charge is 0.265 e. The first kappa shape index (κ1) is 23.0. The Morgan fingerprint density at radius 1 is 1.26 bits per heavy atom. The number of fused-ring (bicyclic) bond motifs is 3. The Labute approximate surface area is 203 Å². The van der Waals surface area contributed by atoms with Crippen LogP contribution in [0, 0.1) is 6.92 Å². The molecule has 0 spiro atoms. The van der Waals surface area contributed by atoms with E-state index in [4.69, 9.17) is 11.6 Å². The molecule has 180 valence electrons. The Balaban J connectivity index is 1.55. The zero-order valence-corrected chi connectivity index (χ0v) is 19.8. The number of pyridine rings is 2. The summed E-state index contributed by atoms with van der Waals surface area (Å²) in [4.78, 5) is 52.5. The molecule has 4 aromatic rings. The molecule has 2 amide bonds. The van der Waals surface area contributed by atoms with E-state index in [1.54, 1.807) is 31.2 Å². The van der Waals surface area contributed by atoms with Gasteiger partial charge in [0.2, 0.25) is 5.91 Å². The fourth-order valence-electron chi connectivity index (χ4n) is 4.26. The van der Waals surface area contributed by atoms with Gasteiger partial charge in [-0.15, -0.1) is 0 Å². The van der Waals surface area contributed by atoms with Crippen molar-refractivity contribution in [3.05, 3.63) is 68.9 Å². The molecular weight excluding hydrogens is 475 g/mol. The molecule has 1 fully saturated rings. The molecule has 0 atom stereocenters. The van der Waals surface area contributed by atoms with Crippen molar-refractivity contribution in [2.24, 2.45) is 0 Å². The summed E-state index contributed by atoms with van der Waals surface area (Å²) in [6, 6.07) is 8.42. The monoisotopic (exact) mass is 496 g/mol. The van der Waals surface area contributed by atoms with Crippen LogP contribution in [0.2, 0.25) is 5.02 Å². The number of aromatic nitrogens is 4. The molecule has 11 heteroatoms. The van der Waals surface area contributed by atoms with E-state index < -0.39 is 23.0 Å². The summed E-state index contributed by atoms with van der Waals surface area (Å²) in [6.45, 7) is 2.93. The molecule has 9 nitrogen and oxygen atoms in total. The van der Waals surface area contributed by atoms with Crippen molar-refractivity contribution in [2.75, 3.05) is 13.1 Å². The van der Waals surface area contributed by atoms with E-state index in [0.717, 1.165) is 5.56 Å². The van der Waals surface area contributed by atoms with Crippen molar-refractivity contribution in [2.45, 2.75) is 32.6 Å². The second-order valence-electron chi connectivity index (χ2n) is 9.00. The van der Waals surface area contributed by atoms with Gasteiger partial charge in [-0.1, -0.05) is 23.7 Å². The highest BCUT2D eigenvalue weighted by Crippen LogP contribution is 2.26. The van der Waals surface area contributed by atoms with Crippen molar-refractivity contribution in [1.82, 2.24) is 29.7 Å². The summed E-state index contributed by atoms with van der Waals surface area (Å²) in [6.07, 6.45) is 1.50. The van der Waals surface area contributed by atoms with Crippen LogP contribution >= 0.6 is 11.6 Å². The van der Waals surface area contributed by atoms with E-state index in [9.17, 15) is 18.8 Å². The molecule has 0 radical (unpaired) electrons. The van der Waals surface area contributed by atoms with Crippen LogP contribution in [0.5, 0.6) is 0 Å². The number of carbonyl (C=O) groups is 2. The number of likely N-dealkylation sites (tertiary alicyclic amines) is 1. The maximum Gasteiger partial charge on any atom is 0.265 e. The molecule has 3 aromatic heterocycles. The molecule has 1 aliphatic heterocycles. The quantitative estimate of drug-likeness (QED) is 0.441. The van der Waals surface area contributed by atoms with Gasteiger partial charge >= 0.3 is 0 Å². The van der Waals surface area contributed by atoms with Gasteiger partial charge in [0, 0.05) is 17.0 Å². The lowest BCUT2D eigenvalue weighted by Gasteiger charge is -2.42. The van der Waals surface area contributed by atoms with E-state index in [1.807, 2.05) is 0 Å². The molecule has 0 bridgehead atoms. The average molecular weight is 497 g/mol. The Kier molecular flexibility index (Phi) is 5.55. The molecule has 4 heterocycles. The molecule has 0 saturated carbocycles. The van der Waals surface area contributed by atoms with Crippen molar-refractivity contribution in [3.8, 4) is 0 Å². The number of halogens is 2. The third-order valence-electron chi connectivity index (χ3n) is 5.99. The molecule has 0 aliphatic carbocycles. The van der Waals surface area contributed by atoms with Crippen molar-refractivity contribution in [1.29, 1.82) is 0 Å². The lowest BCUT2D eigenvalue weighted by molar-refractivity contribution is -0.144. The number of hydrogen-bond donors (Lipinski definition) is 2. The zero-order chi connectivity index (χ0) is 24.9. The van der Waals surface area contributed by atoms with Gasteiger partial charge in [-0.3, -0.25) is 19.0 Å². The van der Waals surface area contributed by atoms with E-state index >= 15 is 0 Å². The van der Waals surface area contributed by atoms with E-state index in [1.165, 1.54) is 28.7 Å². The van der Waals surface area contributed by atoms with E-state index in [-0.39, 0.29) is 37.4 Å². The fourth-order valence-corrected chi connectivity index (χ4v) is 4.39. The number of rotatable bonds is 5. The second-order valence-corrected chi connectivity index (χ2v) is 9.44. The first-order valence-corrected chi connectivity index (χ1v) is 11.4. The molecule has 1 aliphatic rings. The topological polar surface area (TPSA) is 113 Å². The van der Waals surface area contributed by atoms with Gasteiger partial charge in [0.05, 0.1) is 24.8 Å². The van der Waals surface area contributed by atoms with Crippen LogP contribution in [0.15, 0.2) is 41.3 Å². The summed E-state index contributed by atoms with van der Waals surface area (Å²) in [5.41, 5.74) is -0.0394. The third-order valence-corrected chi connectivity index (χ3v) is 6.24. The van der Waals surface area contributed by atoms with Gasteiger partial charge in [0.15, 0.2) is 0 Å². The number of aryl methyl sites for hydroxylation is 1. The summed E-state index contributed by atoms with van der Waals surface area (Å²) >= 11 is 5.91. The number of hydrogen-bond acceptors (Lipinski definition) is 5. The highest BCUT2D eigenvalue weighted by atomic mass is 35.5. The third kappa shape index (κ3) is 4.37. The molecule has 1 aromatic carbocycles. The van der Waals surface area contributed by atoms with Gasteiger partial charge in [0.25, 0.3) is 11.5 Å². The summed E-state index contributed by atoms with van der Waals surface area (Å²) < 4.78 is 15.1. The molecule has 5 rings (SSSR count). The standard InChI is InChI=1S/C24H22ClFN6O3/c1-13-29-18-9-27-21-16(20(18)30-13)7-17(22(34)28-8-14-3-5-15(25)6-4-14)23(35)32(21)10-19(33)31-11-24(2,26)12-31/h3-7,9H,8,10-12H2,1-2H3,(H,28,34)(H,29,30). The number of carbonyl (C=O) groups excluding carboxylic acids is 2. The summed E-state index contributed by atoms with van der Waals surface area (Å²) in [5, 5.41) is 3.79. The first-order chi connectivity index (χ1) is 16.6. The van der Waals surface area contributed by atoms with Gasteiger partial charge in [-0.25, -0.2) is 14.4 Å². The normalized spacial score (nSPS) is 14.8. The summed E-state index contributed by atoms with van der Waals surface area (Å²) in [5.74, 6) is -0.383. The minimum Gasteiger partial charge on any atom is -0.348 e. The number of nitrogens with zero attached hydrogens (tertiary/aromatic N) is 4. The van der Waals surface area contributed by atoms with Gasteiger partial charge < -0.3 is 15.2 Å². The fraction of sp³-hybridized carbons (Fsp3) is 0.292. The maximum atomic E-state index is 13.9. The molecule has 0 unspecified atom stereocenters. The number of aromatic amines is 1. The predicted molar refractivity (Wildman–Crippen MR) is 129 cm³/mol. The molecule has 2 N–H and O–H groups in total. The van der Waals surface area contributed by atoms with Gasteiger partial charge in [-0.05, 0) is 37.6 Å². The number of amides is 2.